The Bertz CT molecular complexity index is 1780. The number of halogens is 1. The maximum absolute atomic E-state index is 14.2. The van der Waals surface area contributed by atoms with Crippen LogP contribution in [-0.4, -0.2) is 35.7 Å². The Hall–Kier alpha value is -4.25. The molecule has 11 heteroatoms. The fourth-order valence-electron chi connectivity index (χ4n) is 4.05. The van der Waals surface area contributed by atoms with Crippen LogP contribution in [0, 0.1) is 12.7 Å². The first kappa shape index (κ1) is 22.2. The Labute approximate surface area is 207 Å². The number of rotatable bonds is 6. The van der Waals surface area contributed by atoms with Crippen LogP contribution < -0.4 is 21.7 Å². The van der Waals surface area contributed by atoms with Crippen LogP contribution in [0.2, 0.25) is 0 Å². The third kappa shape index (κ3) is 4.29. The van der Waals surface area contributed by atoms with Crippen LogP contribution in [0.1, 0.15) is 29.7 Å². The first-order valence-corrected chi connectivity index (χ1v) is 12.3. The number of hydrogen-bond acceptors (Lipinski definition) is 7. The lowest BCUT2D eigenvalue weighted by Gasteiger charge is -2.12. The summed E-state index contributed by atoms with van der Waals surface area (Å²) in [6.45, 7) is 2.40. The number of fused-ring (bicyclic) bond motifs is 1. The molecule has 1 saturated carbocycles. The fourth-order valence-corrected chi connectivity index (χ4v) is 5.04. The number of aryl methyl sites for hydroxylation is 1. The fraction of sp³-hybridized carbons (Fsp3) is 0.200. The quantitative estimate of drug-likeness (QED) is 0.284. The van der Waals surface area contributed by atoms with E-state index >= 15 is 0 Å². The second-order valence-corrected chi connectivity index (χ2v) is 9.68. The molecule has 9 nitrogen and oxygen atoms in total. The zero-order chi connectivity index (χ0) is 24.8. The molecule has 4 N–H and O–H groups in total. The molecule has 4 aromatic heterocycles. The van der Waals surface area contributed by atoms with Crippen molar-refractivity contribution in [2.24, 2.45) is 4.99 Å². The van der Waals surface area contributed by atoms with Gasteiger partial charge in [0.05, 0.1) is 12.2 Å². The van der Waals surface area contributed by atoms with Crippen molar-refractivity contribution in [1.82, 2.24) is 24.6 Å². The molecule has 4 heterocycles. The summed E-state index contributed by atoms with van der Waals surface area (Å²) in [6, 6.07) is 8.95. The number of benzene rings is 1. The van der Waals surface area contributed by atoms with Gasteiger partial charge in [-0.25, -0.2) is 14.2 Å². The highest BCUT2D eigenvalue weighted by Gasteiger charge is 2.20. The molecule has 182 valence electrons. The Morgan fingerprint density at radius 1 is 1.31 bits per heavy atom. The third-order valence-corrected chi connectivity index (χ3v) is 7.06. The van der Waals surface area contributed by atoms with Gasteiger partial charge in [0.15, 0.2) is 11.1 Å². The van der Waals surface area contributed by atoms with Gasteiger partial charge in [0, 0.05) is 22.7 Å². The molecule has 0 radical (unpaired) electrons. The van der Waals surface area contributed by atoms with Gasteiger partial charge in [-0.05, 0) is 66.1 Å². The number of imidazole rings is 1. The molecule has 6 rings (SSSR count). The average molecular weight is 504 g/mol. The average Bonchev–Trinajstić information content (AvgIpc) is 3.26. The molecule has 0 atom stereocenters. The second-order valence-electron chi connectivity index (χ2n) is 8.77. The van der Waals surface area contributed by atoms with Crippen molar-refractivity contribution in [3.05, 3.63) is 85.7 Å². The first-order chi connectivity index (χ1) is 17.4. The minimum atomic E-state index is -0.512. The lowest BCUT2D eigenvalue weighted by Crippen LogP contribution is -2.20. The number of thiophene rings is 1. The van der Waals surface area contributed by atoms with E-state index in [2.05, 4.69) is 26.4 Å². The van der Waals surface area contributed by atoms with Crippen molar-refractivity contribution in [1.29, 1.82) is 0 Å². The molecule has 5 aromatic rings. The van der Waals surface area contributed by atoms with E-state index in [0.29, 0.717) is 28.7 Å². The van der Waals surface area contributed by atoms with Crippen molar-refractivity contribution in [3.63, 3.8) is 0 Å². The topological polar surface area (TPSA) is 123 Å². The van der Waals surface area contributed by atoms with Gasteiger partial charge in [-0.3, -0.25) is 9.98 Å². The van der Waals surface area contributed by atoms with Crippen molar-refractivity contribution in [3.8, 4) is 16.3 Å². The number of nitrogens with zero attached hydrogens (tertiary/aromatic N) is 4. The number of nitrogens with one attached hydrogen (secondary N) is 3. The zero-order valence-electron chi connectivity index (χ0n) is 19.2. The summed E-state index contributed by atoms with van der Waals surface area (Å²) in [5.74, 6) is -0.00783. The molecule has 1 aliphatic carbocycles. The van der Waals surface area contributed by atoms with Crippen LogP contribution in [0.4, 0.5) is 10.2 Å². The predicted octanol–water partition coefficient (Wildman–Crippen LogP) is 2.85. The molecule has 1 aliphatic rings. The smallest absolute Gasteiger partial charge is 0.326 e. The number of aromatic nitrogens is 5. The Morgan fingerprint density at radius 2 is 2.17 bits per heavy atom. The predicted molar refractivity (Wildman–Crippen MR) is 135 cm³/mol. The SMILES string of the molecule is Cc1ccsc1-c1ccc(F)cc1CNc1cc(=NC2CC2)n2nc/c(=C/c3[nH]c(=O)[nH]c3O)c2n1. The van der Waals surface area contributed by atoms with Gasteiger partial charge >= 0.3 is 5.69 Å². The van der Waals surface area contributed by atoms with Crippen molar-refractivity contribution in [2.45, 2.75) is 32.4 Å². The largest absolute Gasteiger partial charge is 0.493 e. The maximum atomic E-state index is 14.2. The van der Waals surface area contributed by atoms with Gasteiger partial charge in [0.25, 0.3) is 0 Å². The highest BCUT2D eigenvalue weighted by atomic mass is 32.1. The maximum Gasteiger partial charge on any atom is 0.326 e. The summed E-state index contributed by atoms with van der Waals surface area (Å²) in [6.07, 6.45) is 5.25. The summed E-state index contributed by atoms with van der Waals surface area (Å²) in [4.78, 5) is 27.0. The van der Waals surface area contributed by atoms with Gasteiger partial charge in [-0.2, -0.15) is 9.61 Å². The number of anilines is 1. The lowest BCUT2D eigenvalue weighted by atomic mass is 10.0. The van der Waals surface area contributed by atoms with Gasteiger partial charge in [0.1, 0.15) is 17.3 Å². The van der Waals surface area contributed by atoms with Crippen molar-refractivity contribution in [2.75, 3.05) is 5.32 Å². The van der Waals surface area contributed by atoms with Crippen molar-refractivity contribution < 1.29 is 9.50 Å². The van der Waals surface area contributed by atoms with Gasteiger partial charge in [-0.1, -0.05) is 6.07 Å². The van der Waals surface area contributed by atoms with Crippen LogP contribution in [0.25, 0.3) is 22.2 Å². The van der Waals surface area contributed by atoms with Gasteiger partial charge in [-0.15, -0.1) is 11.3 Å². The molecule has 0 spiro atoms. The normalized spacial score (nSPS) is 14.7. The molecule has 1 fully saturated rings. The third-order valence-electron chi connectivity index (χ3n) is 6.01. The summed E-state index contributed by atoms with van der Waals surface area (Å²) in [5.41, 5.74) is 3.81. The Balaban J connectivity index is 1.42. The number of H-pyrrole nitrogens is 2. The number of aromatic amines is 2. The second kappa shape index (κ2) is 8.76. The van der Waals surface area contributed by atoms with E-state index in [9.17, 15) is 14.3 Å². The summed E-state index contributed by atoms with van der Waals surface area (Å²) in [7, 11) is 0. The minimum Gasteiger partial charge on any atom is -0.493 e. The Kier molecular flexibility index (Phi) is 5.41. The van der Waals surface area contributed by atoms with Crippen LogP contribution >= 0.6 is 11.3 Å². The van der Waals surface area contributed by atoms with E-state index in [-0.39, 0.29) is 23.4 Å². The molecule has 0 amide bonds. The standard InChI is InChI=1S/C25H22FN7O2S/c1-13-6-7-36-22(13)18-5-2-16(26)8-14(18)11-27-20-10-21(29-17-3-4-17)33-23(31-20)15(12-28-33)9-19-24(34)32-25(35)30-19/h2,5-10,12,17,27,34H,3-4,11H2,1H3,(H2,30,32,35)/b15-9-,29-21?. The van der Waals surface area contributed by atoms with Crippen LogP contribution in [0.5, 0.6) is 5.88 Å². The first-order valence-electron chi connectivity index (χ1n) is 11.5. The van der Waals surface area contributed by atoms with E-state index in [1.165, 1.54) is 6.07 Å². The van der Waals surface area contributed by atoms with Crippen LogP contribution in [0.15, 0.2) is 51.7 Å². The Morgan fingerprint density at radius 3 is 2.89 bits per heavy atom. The molecule has 0 unspecified atom stereocenters. The number of aromatic hydroxyl groups is 1. The monoisotopic (exact) mass is 503 g/mol. The molecule has 0 bridgehead atoms. The van der Waals surface area contributed by atoms with Crippen LogP contribution in [0.3, 0.4) is 0 Å². The summed E-state index contributed by atoms with van der Waals surface area (Å²) < 4.78 is 15.8. The van der Waals surface area contributed by atoms with E-state index in [4.69, 9.17) is 9.98 Å². The highest BCUT2D eigenvalue weighted by molar-refractivity contribution is 7.13. The molecular formula is C25H22FN7O2S. The molecule has 0 aliphatic heterocycles. The zero-order valence-corrected chi connectivity index (χ0v) is 20.1. The van der Waals surface area contributed by atoms with E-state index in [0.717, 1.165) is 34.4 Å². The van der Waals surface area contributed by atoms with Crippen LogP contribution in [-0.2, 0) is 6.54 Å². The summed E-state index contributed by atoms with van der Waals surface area (Å²) >= 11 is 1.62. The molecular weight excluding hydrogens is 481 g/mol. The van der Waals surface area contributed by atoms with Gasteiger partial charge < -0.3 is 15.4 Å². The highest BCUT2D eigenvalue weighted by Crippen LogP contribution is 2.32. The molecule has 0 saturated heterocycles. The minimum absolute atomic E-state index is 0.228. The van der Waals surface area contributed by atoms with E-state index < -0.39 is 5.69 Å². The summed E-state index contributed by atoms with van der Waals surface area (Å²) in [5, 5.41) is 20.4. The van der Waals surface area contributed by atoms with Gasteiger partial charge in [0.2, 0.25) is 5.88 Å². The molecule has 36 heavy (non-hydrogen) atoms. The van der Waals surface area contributed by atoms with E-state index in [1.54, 1.807) is 34.2 Å². The van der Waals surface area contributed by atoms with Crippen molar-refractivity contribution >= 4 is 28.9 Å². The lowest BCUT2D eigenvalue weighted by molar-refractivity contribution is 0.454. The van der Waals surface area contributed by atoms with E-state index in [1.807, 2.05) is 24.4 Å². The number of hydrogen-bond donors (Lipinski definition) is 4. The molecule has 1 aromatic carbocycles.